The van der Waals surface area contributed by atoms with Gasteiger partial charge in [-0.05, 0) is 18.2 Å². The van der Waals surface area contributed by atoms with E-state index in [1.54, 1.807) is 0 Å². The summed E-state index contributed by atoms with van der Waals surface area (Å²) in [6, 6.07) is 0.572. The molecule has 9 heteroatoms. The average molecular weight is 320 g/mol. The van der Waals surface area contributed by atoms with E-state index in [-0.39, 0.29) is 10.7 Å². The van der Waals surface area contributed by atoms with Crippen molar-refractivity contribution in [3.63, 3.8) is 0 Å². The molecule has 0 aliphatic carbocycles. The number of aromatic nitrogens is 1. The number of hydrogen-bond donors (Lipinski definition) is 2. The molecular weight excluding hydrogens is 312 g/mol. The number of halogens is 4. The number of carboxylic acids is 1. The summed E-state index contributed by atoms with van der Waals surface area (Å²) in [5.41, 5.74) is 3.75. The topological polar surface area (TPSA) is 76.2 Å². The van der Waals surface area contributed by atoms with E-state index in [1.807, 2.05) is 0 Å². The lowest BCUT2D eigenvalue weighted by Crippen LogP contribution is -2.20. The normalized spacial score (nSPS) is 13.2. The van der Waals surface area contributed by atoms with Crippen molar-refractivity contribution in [1.29, 1.82) is 0 Å². The summed E-state index contributed by atoms with van der Waals surface area (Å²) in [6.07, 6.45) is -4.68. The third-order valence-electron chi connectivity index (χ3n) is 2.62. The molecule has 0 fully saturated rings. The van der Waals surface area contributed by atoms with E-state index in [2.05, 4.69) is 4.98 Å². The molecule has 1 unspecified atom stereocenters. The maximum Gasteiger partial charge on any atom is 0.417 e. The van der Waals surface area contributed by atoms with Crippen LogP contribution >= 0.6 is 11.3 Å². The summed E-state index contributed by atoms with van der Waals surface area (Å²) in [5, 5.41) is 9.83. The van der Waals surface area contributed by atoms with Crippen molar-refractivity contribution in [3.8, 4) is 10.6 Å². The average Bonchev–Trinajstić information content (AvgIpc) is 2.85. The van der Waals surface area contributed by atoms with Crippen LogP contribution in [0, 0.1) is 5.82 Å². The number of thiazole rings is 1. The van der Waals surface area contributed by atoms with E-state index >= 15 is 0 Å². The molecule has 2 rings (SSSR count). The Hall–Kier alpha value is -2.00. The van der Waals surface area contributed by atoms with Gasteiger partial charge in [-0.25, -0.2) is 9.37 Å². The number of benzene rings is 1. The van der Waals surface area contributed by atoms with Gasteiger partial charge < -0.3 is 10.8 Å². The van der Waals surface area contributed by atoms with E-state index in [1.165, 1.54) is 5.38 Å². The van der Waals surface area contributed by atoms with Crippen molar-refractivity contribution in [2.45, 2.75) is 12.2 Å². The third kappa shape index (κ3) is 3.19. The number of carbonyl (C=O) groups is 1. The molecule has 1 atom stereocenters. The molecule has 0 saturated carbocycles. The van der Waals surface area contributed by atoms with E-state index in [0.29, 0.717) is 18.2 Å². The maximum atomic E-state index is 13.2. The van der Waals surface area contributed by atoms with Gasteiger partial charge >= 0.3 is 12.1 Å². The van der Waals surface area contributed by atoms with Crippen molar-refractivity contribution in [2.24, 2.45) is 5.73 Å². The SMILES string of the molecule is NC(C(=O)O)c1csc(-c2cc(F)ccc2C(F)(F)F)n1. The molecule has 1 aromatic carbocycles. The van der Waals surface area contributed by atoms with E-state index in [0.717, 1.165) is 11.3 Å². The standard InChI is InChI=1S/C12H8F4N2O2S/c13-5-1-2-7(12(14,15)16)6(3-5)10-18-8(4-21-10)9(17)11(19)20/h1-4,9H,17H2,(H,19,20). The van der Waals surface area contributed by atoms with Gasteiger partial charge in [0, 0.05) is 10.9 Å². The van der Waals surface area contributed by atoms with Crippen LogP contribution in [0.5, 0.6) is 0 Å². The maximum absolute atomic E-state index is 13.2. The zero-order chi connectivity index (χ0) is 15.8. The van der Waals surface area contributed by atoms with Gasteiger partial charge in [0.15, 0.2) is 0 Å². The highest BCUT2D eigenvalue weighted by molar-refractivity contribution is 7.13. The predicted molar refractivity (Wildman–Crippen MR) is 67.1 cm³/mol. The van der Waals surface area contributed by atoms with Gasteiger partial charge in [-0.1, -0.05) is 0 Å². The van der Waals surface area contributed by atoms with Gasteiger partial charge in [0.05, 0.1) is 11.3 Å². The second-order valence-electron chi connectivity index (χ2n) is 4.08. The van der Waals surface area contributed by atoms with Crippen molar-refractivity contribution in [3.05, 3.63) is 40.7 Å². The molecule has 0 aliphatic heterocycles. The molecule has 112 valence electrons. The Morgan fingerprint density at radius 1 is 1.38 bits per heavy atom. The highest BCUT2D eigenvalue weighted by Crippen LogP contribution is 2.38. The monoisotopic (exact) mass is 320 g/mol. The quantitative estimate of drug-likeness (QED) is 0.852. The van der Waals surface area contributed by atoms with Gasteiger partial charge in [-0.15, -0.1) is 11.3 Å². The van der Waals surface area contributed by atoms with E-state index < -0.39 is 35.1 Å². The summed E-state index contributed by atoms with van der Waals surface area (Å²) < 4.78 is 51.9. The Bertz CT molecular complexity index is 684. The van der Waals surface area contributed by atoms with Crippen LogP contribution < -0.4 is 5.73 Å². The molecule has 0 radical (unpaired) electrons. The largest absolute Gasteiger partial charge is 0.480 e. The number of rotatable bonds is 3. The van der Waals surface area contributed by atoms with Gasteiger partial charge in [0.1, 0.15) is 16.9 Å². The Labute approximate surface area is 119 Å². The lowest BCUT2D eigenvalue weighted by molar-refractivity contribution is -0.139. The lowest BCUT2D eigenvalue weighted by Gasteiger charge is -2.11. The molecule has 1 aromatic heterocycles. The van der Waals surface area contributed by atoms with Crippen molar-refractivity contribution in [2.75, 3.05) is 0 Å². The summed E-state index contributed by atoms with van der Waals surface area (Å²) >= 11 is 0.766. The molecule has 21 heavy (non-hydrogen) atoms. The summed E-state index contributed by atoms with van der Waals surface area (Å²) in [5.74, 6) is -2.21. The highest BCUT2D eigenvalue weighted by atomic mass is 32.1. The first-order chi connectivity index (χ1) is 9.70. The van der Waals surface area contributed by atoms with Crippen LogP contribution in [0.4, 0.5) is 17.6 Å². The zero-order valence-electron chi connectivity index (χ0n) is 10.2. The number of carboxylic acid groups (broad SMARTS) is 1. The van der Waals surface area contributed by atoms with Gasteiger partial charge in [-0.3, -0.25) is 4.79 Å². The van der Waals surface area contributed by atoms with Crippen molar-refractivity contribution in [1.82, 2.24) is 4.98 Å². The third-order valence-corrected chi connectivity index (χ3v) is 3.52. The first kappa shape index (κ1) is 15.4. The first-order valence-electron chi connectivity index (χ1n) is 5.51. The molecule has 0 amide bonds. The fourth-order valence-corrected chi connectivity index (χ4v) is 2.51. The van der Waals surface area contributed by atoms with E-state index in [9.17, 15) is 22.4 Å². The van der Waals surface area contributed by atoms with Crippen molar-refractivity contribution >= 4 is 17.3 Å². The minimum absolute atomic E-state index is 0.0834. The molecule has 3 N–H and O–H groups in total. The fourth-order valence-electron chi connectivity index (χ4n) is 1.62. The minimum Gasteiger partial charge on any atom is -0.480 e. The van der Waals surface area contributed by atoms with Crippen LogP contribution in [0.15, 0.2) is 23.6 Å². The molecular formula is C12H8F4N2O2S. The van der Waals surface area contributed by atoms with Gasteiger partial charge in [0.25, 0.3) is 0 Å². The highest BCUT2D eigenvalue weighted by Gasteiger charge is 2.34. The number of aliphatic carboxylic acids is 1. The van der Waals surface area contributed by atoms with Crippen LogP contribution in [0.3, 0.4) is 0 Å². The van der Waals surface area contributed by atoms with Crippen LogP contribution in [0.2, 0.25) is 0 Å². The summed E-state index contributed by atoms with van der Waals surface area (Å²) in [4.78, 5) is 14.5. The molecule has 2 aromatic rings. The summed E-state index contributed by atoms with van der Waals surface area (Å²) in [7, 11) is 0. The Kier molecular flexibility index (Phi) is 3.97. The predicted octanol–water partition coefficient (Wildman–Crippen LogP) is 3.05. The second kappa shape index (κ2) is 5.41. The van der Waals surface area contributed by atoms with Crippen LogP contribution in [-0.2, 0) is 11.0 Å². The second-order valence-corrected chi connectivity index (χ2v) is 4.94. The first-order valence-corrected chi connectivity index (χ1v) is 6.39. The molecule has 0 aliphatic rings. The smallest absolute Gasteiger partial charge is 0.417 e. The Morgan fingerprint density at radius 3 is 2.62 bits per heavy atom. The fraction of sp³-hybridized carbons (Fsp3) is 0.167. The van der Waals surface area contributed by atoms with Crippen LogP contribution in [0.1, 0.15) is 17.3 Å². The summed E-state index contributed by atoms with van der Waals surface area (Å²) in [6.45, 7) is 0. The molecule has 1 heterocycles. The molecule has 0 saturated heterocycles. The Balaban J connectivity index is 2.52. The molecule has 0 bridgehead atoms. The zero-order valence-corrected chi connectivity index (χ0v) is 11.0. The molecule has 0 spiro atoms. The Morgan fingerprint density at radius 2 is 2.05 bits per heavy atom. The van der Waals surface area contributed by atoms with Gasteiger partial charge in [0.2, 0.25) is 0 Å². The lowest BCUT2D eigenvalue weighted by atomic mass is 10.1. The van der Waals surface area contributed by atoms with Crippen LogP contribution in [-0.4, -0.2) is 16.1 Å². The number of nitrogens with zero attached hydrogens (tertiary/aromatic N) is 1. The van der Waals surface area contributed by atoms with Crippen molar-refractivity contribution < 1.29 is 27.5 Å². The molecule has 4 nitrogen and oxygen atoms in total. The number of alkyl halides is 3. The van der Waals surface area contributed by atoms with E-state index in [4.69, 9.17) is 10.8 Å². The van der Waals surface area contributed by atoms with Gasteiger partial charge in [-0.2, -0.15) is 13.2 Å². The minimum atomic E-state index is -4.68. The number of nitrogens with two attached hydrogens (primary N) is 1. The number of hydrogen-bond acceptors (Lipinski definition) is 4. The van der Waals surface area contributed by atoms with Crippen LogP contribution in [0.25, 0.3) is 10.6 Å².